The fourth-order valence-electron chi connectivity index (χ4n) is 6.21. The Kier molecular flexibility index (Phi) is 3.97. The molecule has 0 amide bonds. The van der Waals surface area contributed by atoms with Gasteiger partial charge in [-0.2, -0.15) is 0 Å². The van der Waals surface area contributed by atoms with Gasteiger partial charge in [-0.3, -0.25) is 9.59 Å². The first-order valence-corrected chi connectivity index (χ1v) is 9.44. The van der Waals surface area contributed by atoms with Crippen molar-refractivity contribution in [3.05, 3.63) is 35.1 Å². The lowest BCUT2D eigenvalue weighted by Crippen LogP contribution is -2.44. The normalized spacial score (nSPS) is 36.5. The molecule has 0 heterocycles. The van der Waals surface area contributed by atoms with Gasteiger partial charge >= 0.3 is 5.97 Å². The van der Waals surface area contributed by atoms with Crippen LogP contribution in [0.25, 0.3) is 0 Å². The number of carbonyl (C=O) groups is 2. The lowest BCUT2D eigenvalue weighted by molar-refractivity contribution is -0.137. The Balaban J connectivity index is 1.68. The molecule has 0 saturated heterocycles. The molecule has 134 valence electrons. The minimum atomic E-state index is -0.788. The summed E-state index contributed by atoms with van der Waals surface area (Å²) in [5.41, 5.74) is 1.68. The Morgan fingerprint density at radius 3 is 2.92 bits per heavy atom. The molecular formula is C21H25FO3. The number of aliphatic carboxylic acids is 1. The van der Waals surface area contributed by atoms with Crippen LogP contribution in [-0.4, -0.2) is 16.9 Å². The lowest BCUT2D eigenvalue weighted by atomic mass is 9.54. The van der Waals surface area contributed by atoms with Crippen LogP contribution in [0.2, 0.25) is 0 Å². The summed E-state index contributed by atoms with van der Waals surface area (Å²) in [5, 5.41) is 9.07. The van der Waals surface area contributed by atoms with Gasteiger partial charge in [-0.25, -0.2) is 4.39 Å². The van der Waals surface area contributed by atoms with Crippen molar-refractivity contribution in [2.24, 2.45) is 23.2 Å². The van der Waals surface area contributed by atoms with E-state index in [1.165, 1.54) is 0 Å². The molecule has 5 atom stereocenters. The topological polar surface area (TPSA) is 54.4 Å². The van der Waals surface area contributed by atoms with E-state index in [2.05, 4.69) is 13.0 Å². The quantitative estimate of drug-likeness (QED) is 0.887. The van der Waals surface area contributed by atoms with Gasteiger partial charge in [0.25, 0.3) is 0 Å². The maximum Gasteiger partial charge on any atom is 0.303 e. The van der Waals surface area contributed by atoms with Crippen LogP contribution in [0.15, 0.2) is 18.2 Å². The summed E-state index contributed by atoms with van der Waals surface area (Å²) in [4.78, 5) is 23.8. The van der Waals surface area contributed by atoms with Crippen LogP contribution < -0.4 is 0 Å². The average molecular weight is 344 g/mol. The molecule has 5 unspecified atom stereocenters. The average Bonchev–Trinajstić information content (AvgIpc) is 2.84. The minimum absolute atomic E-state index is 0.103. The van der Waals surface area contributed by atoms with Crippen molar-refractivity contribution in [1.82, 2.24) is 0 Å². The van der Waals surface area contributed by atoms with Crippen LogP contribution in [0, 0.1) is 29.0 Å². The number of halogens is 1. The highest BCUT2D eigenvalue weighted by molar-refractivity contribution is 5.87. The van der Waals surface area contributed by atoms with E-state index >= 15 is 0 Å². The van der Waals surface area contributed by atoms with Gasteiger partial charge in [-0.1, -0.05) is 19.1 Å². The Labute approximate surface area is 147 Å². The van der Waals surface area contributed by atoms with Crippen molar-refractivity contribution in [3.63, 3.8) is 0 Å². The predicted molar refractivity (Wildman–Crippen MR) is 91.8 cm³/mol. The number of benzene rings is 1. The van der Waals surface area contributed by atoms with E-state index in [0.29, 0.717) is 30.5 Å². The largest absolute Gasteiger partial charge is 0.481 e. The second-order valence-electron chi connectivity index (χ2n) is 8.42. The summed E-state index contributed by atoms with van der Waals surface area (Å²) in [5.74, 6) is 0.523. The van der Waals surface area contributed by atoms with Crippen molar-refractivity contribution in [2.75, 3.05) is 0 Å². The molecule has 2 saturated carbocycles. The van der Waals surface area contributed by atoms with Crippen molar-refractivity contribution >= 4 is 11.8 Å². The van der Waals surface area contributed by atoms with Gasteiger partial charge in [-0.05, 0) is 73.0 Å². The SMILES string of the molecule is CC12CCC3c4cccc(F)c4CCC3C1C(CCC(=O)O)CC2=O. The molecule has 0 bridgehead atoms. The van der Waals surface area contributed by atoms with E-state index in [1.54, 1.807) is 12.1 Å². The van der Waals surface area contributed by atoms with Crippen LogP contribution in [-0.2, 0) is 16.0 Å². The zero-order valence-corrected chi connectivity index (χ0v) is 14.6. The van der Waals surface area contributed by atoms with Crippen molar-refractivity contribution < 1.29 is 19.1 Å². The van der Waals surface area contributed by atoms with E-state index in [4.69, 9.17) is 5.11 Å². The Hall–Kier alpha value is -1.71. The number of fused-ring (bicyclic) bond motifs is 5. The van der Waals surface area contributed by atoms with Crippen molar-refractivity contribution in [1.29, 1.82) is 0 Å². The van der Waals surface area contributed by atoms with Crippen molar-refractivity contribution in [2.45, 2.75) is 57.8 Å². The minimum Gasteiger partial charge on any atom is -0.481 e. The van der Waals surface area contributed by atoms with E-state index in [0.717, 1.165) is 36.8 Å². The van der Waals surface area contributed by atoms with Gasteiger partial charge in [0.2, 0.25) is 0 Å². The number of carbonyl (C=O) groups excluding carboxylic acids is 1. The molecule has 0 aliphatic heterocycles. The Morgan fingerprint density at radius 1 is 1.36 bits per heavy atom. The highest BCUT2D eigenvalue weighted by atomic mass is 19.1. The van der Waals surface area contributed by atoms with Gasteiger partial charge in [-0.15, -0.1) is 0 Å². The molecular weight excluding hydrogens is 319 g/mol. The summed E-state index contributed by atoms with van der Waals surface area (Å²) >= 11 is 0. The monoisotopic (exact) mass is 344 g/mol. The summed E-state index contributed by atoms with van der Waals surface area (Å²) in [7, 11) is 0. The maximum atomic E-state index is 14.2. The van der Waals surface area contributed by atoms with Crippen LogP contribution in [0.4, 0.5) is 4.39 Å². The second-order valence-corrected chi connectivity index (χ2v) is 8.42. The third-order valence-corrected chi connectivity index (χ3v) is 7.29. The van der Waals surface area contributed by atoms with Crippen LogP contribution in [0.3, 0.4) is 0 Å². The summed E-state index contributed by atoms with van der Waals surface area (Å²) in [6.45, 7) is 2.10. The van der Waals surface area contributed by atoms with Gasteiger partial charge in [0.1, 0.15) is 11.6 Å². The third-order valence-electron chi connectivity index (χ3n) is 7.29. The van der Waals surface area contributed by atoms with Gasteiger partial charge in [0.15, 0.2) is 0 Å². The molecule has 1 aromatic carbocycles. The van der Waals surface area contributed by atoms with E-state index in [1.807, 2.05) is 0 Å². The fourth-order valence-corrected chi connectivity index (χ4v) is 6.21. The van der Waals surface area contributed by atoms with Gasteiger partial charge in [0, 0.05) is 18.3 Å². The molecule has 1 N–H and O–H groups in total. The summed E-state index contributed by atoms with van der Waals surface area (Å²) < 4.78 is 14.2. The number of Topliss-reactive ketones (excluding diaryl/α,β-unsaturated/α-hetero) is 1. The Bertz CT molecular complexity index is 728. The standard InChI is InChI=1S/C21H25FO3/c1-21-10-9-14-13-3-2-4-17(22)15(13)6-7-16(14)20(21)12(11-18(21)23)5-8-19(24)25/h2-4,12,14,16,20H,5-11H2,1H3,(H,24,25). The van der Waals surface area contributed by atoms with Crippen LogP contribution in [0.1, 0.15) is 62.5 Å². The first-order chi connectivity index (χ1) is 11.9. The van der Waals surface area contributed by atoms with Gasteiger partial charge in [0.05, 0.1) is 0 Å². The summed E-state index contributed by atoms with van der Waals surface area (Å²) in [6.07, 6.45) is 4.66. The fraction of sp³-hybridized carbons (Fsp3) is 0.619. The number of hydrogen-bond donors (Lipinski definition) is 1. The molecule has 4 rings (SSSR count). The number of ketones is 1. The first kappa shape index (κ1) is 16.7. The predicted octanol–water partition coefficient (Wildman–Crippen LogP) is 4.34. The van der Waals surface area contributed by atoms with E-state index < -0.39 is 5.97 Å². The van der Waals surface area contributed by atoms with Crippen molar-refractivity contribution in [3.8, 4) is 0 Å². The summed E-state index contributed by atoms with van der Waals surface area (Å²) in [6, 6.07) is 5.40. The van der Waals surface area contributed by atoms with E-state index in [-0.39, 0.29) is 29.5 Å². The smallest absolute Gasteiger partial charge is 0.303 e. The molecule has 3 aliphatic carbocycles. The zero-order chi connectivity index (χ0) is 17.8. The van der Waals surface area contributed by atoms with E-state index in [9.17, 15) is 14.0 Å². The highest BCUT2D eigenvalue weighted by Gasteiger charge is 2.58. The second kappa shape index (κ2) is 5.93. The Morgan fingerprint density at radius 2 is 2.16 bits per heavy atom. The van der Waals surface area contributed by atoms with Crippen LogP contribution in [0.5, 0.6) is 0 Å². The molecule has 3 aliphatic rings. The number of carboxylic acids is 1. The third kappa shape index (κ3) is 2.52. The molecule has 1 aromatic rings. The van der Waals surface area contributed by atoms with Gasteiger partial charge < -0.3 is 5.11 Å². The molecule has 2 fully saturated rings. The zero-order valence-electron chi connectivity index (χ0n) is 14.6. The molecule has 0 spiro atoms. The molecule has 3 nitrogen and oxygen atoms in total. The highest BCUT2D eigenvalue weighted by Crippen LogP contribution is 2.62. The van der Waals surface area contributed by atoms with Crippen LogP contribution >= 0.6 is 0 Å². The number of hydrogen-bond acceptors (Lipinski definition) is 2. The number of carboxylic acid groups (broad SMARTS) is 1. The first-order valence-electron chi connectivity index (χ1n) is 9.44. The molecule has 4 heteroatoms. The molecule has 25 heavy (non-hydrogen) atoms. The molecule has 0 radical (unpaired) electrons. The maximum absolute atomic E-state index is 14.2. The molecule has 0 aromatic heterocycles. The lowest BCUT2D eigenvalue weighted by Gasteiger charge is -2.50. The number of rotatable bonds is 3.